The summed E-state index contributed by atoms with van der Waals surface area (Å²) in [6, 6.07) is 8.40. The monoisotopic (exact) mass is 411 g/mol. The van der Waals surface area contributed by atoms with E-state index in [2.05, 4.69) is 21.7 Å². The highest BCUT2D eigenvalue weighted by Gasteiger charge is 2.53. The zero-order chi connectivity index (χ0) is 20.5. The lowest BCUT2D eigenvalue weighted by Crippen LogP contribution is -2.61. The first-order chi connectivity index (χ1) is 14.0. The molecule has 1 aromatic heterocycles. The van der Waals surface area contributed by atoms with Crippen LogP contribution in [0.5, 0.6) is 0 Å². The number of terminal acetylenes is 1. The molecule has 29 heavy (non-hydrogen) atoms. The van der Waals surface area contributed by atoms with E-state index < -0.39 is 30.2 Å². The van der Waals surface area contributed by atoms with Gasteiger partial charge in [0.25, 0.3) is 0 Å². The fraction of sp³-hybridized carbons (Fsp3) is 0.350. The zero-order valence-corrected chi connectivity index (χ0v) is 16.3. The van der Waals surface area contributed by atoms with Gasteiger partial charge in [0.15, 0.2) is 5.11 Å². The van der Waals surface area contributed by atoms with Gasteiger partial charge in [-0.2, -0.15) is 5.10 Å². The molecule has 1 aliphatic heterocycles. The maximum Gasteiger partial charge on any atom is 0.226 e. The third kappa shape index (κ3) is 3.46. The number of aromatic nitrogens is 2. The van der Waals surface area contributed by atoms with Crippen LogP contribution in [0, 0.1) is 18.3 Å². The van der Waals surface area contributed by atoms with Gasteiger partial charge in [-0.3, -0.25) is 4.79 Å². The largest absolute Gasteiger partial charge is 0.390 e. The van der Waals surface area contributed by atoms with Crippen LogP contribution in [0.4, 0.5) is 5.69 Å². The smallest absolute Gasteiger partial charge is 0.226 e. The number of nitrogens with zero attached hydrogens (tertiary/aromatic N) is 3. The lowest BCUT2D eigenvalue weighted by molar-refractivity contribution is -0.130. The van der Waals surface area contributed by atoms with Gasteiger partial charge in [-0.05, 0) is 49.0 Å². The van der Waals surface area contributed by atoms with E-state index in [0.29, 0.717) is 5.11 Å². The first-order valence-corrected chi connectivity index (χ1v) is 9.69. The SMILES string of the molecule is C#CCNC(=O)[C@H]1C[C@@H](O)[C@H](O)[C@H]2NC(=S)N(c3ccc(-n4cccn4)cc3)[C@@H]21. The molecule has 2 heterocycles. The van der Waals surface area contributed by atoms with Gasteiger partial charge in [0, 0.05) is 18.1 Å². The molecule has 1 amide bonds. The Balaban J connectivity index is 1.66. The van der Waals surface area contributed by atoms with E-state index in [-0.39, 0.29) is 18.9 Å². The molecule has 2 aromatic rings. The first kappa shape index (κ1) is 19.4. The Hall–Kier alpha value is -2.93. The number of carbonyl (C=O) groups is 1. The van der Waals surface area contributed by atoms with E-state index in [0.717, 1.165) is 11.4 Å². The predicted octanol–water partition coefficient (Wildman–Crippen LogP) is -0.205. The summed E-state index contributed by atoms with van der Waals surface area (Å²) in [6.07, 6.45) is 6.84. The van der Waals surface area contributed by atoms with E-state index in [4.69, 9.17) is 18.6 Å². The summed E-state index contributed by atoms with van der Waals surface area (Å²) in [5.41, 5.74) is 1.67. The molecule has 0 spiro atoms. The van der Waals surface area contributed by atoms with Crippen LogP contribution < -0.4 is 15.5 Å². The Labute approximate surface area is 173 Å². The molecule has 4 rings (SSSR count). The standard InChI is InChI=1S/C20H21N5O3S/c1-2-8-21-19(28)14-11-15(26)18(27)16-17(14)25(20(29)23-16)13-6-4-12(5-7-13)24-10-3-9-22-24/h1,3-7,9-10,14-18,26-27H,8,11H2,(H,21,28)(H,23,29)/t14-,15+,16-,17+,18-/m0/s1. The average molecular weight is 411 g/mol. The molecular weight excluding hydrogens is 390 g/mol. The van der Waals surface area contributed by atoms with E-state index in [1.54, 1.807) is 10.9 Å². The average Bonchev–Trinajstić information content (AvgIpc) is 3.37. The van der Waals surface area contributed by atoms with Crippen LogP contribution >= 0.6 is 12.2 Å². The van der Waals surface area contributed by atoms with Crippen molar-refractivity contribution in [2.75, 3.05) is 11.4 Å². The zero-order valence-electron chi connectivity index (χ0n) is 15.5. The number of thiocarbonyl (C=S) groups is 1. The third-order valence-electron chi connectivity index (χ3n) is 5.44. The second kappa shape index (κ2) is 7.83. The summed E-state index contributed by atoms with van der Waals surface area (Å²) in [7, 11) is 0. The number of aliphatic hydroxyl groups is 2. The summed E-state index contributed by atoms with van der Waals surface area (Å²) in [6.45, 7) is 0.0990. The Kier molecular flexibility index (Phi) is 5.24. The van der Waals surface area contributed by atoms with Gasteiger partial charge in [0.05, 0.1) is 36.3 Å². The molecule has 0 bridgehead atoms. The molecule has 1 saturated carbocycles. The number of benzene rings is 1. The van der Waals surface area contributed by atoms with Crippen LogP contribution in [0.25, 0.3) is 5.69 Å². The number of rotatable bonds is 4. The van der Waals surface area contributed by atoms with Crippen LogP contribution in [-0.4, -0.2) is 61.8 Å². The van der Waals surface area contributed by atoms with Gasteiger partial charge in [-0.1, -0.05) is 5.92 Å². The van der Waals surface area contributed by atoms with Crippen molar-refractivity contribution in [1.82, 2.24) is 20.4 Å². The van der Waals surface area contributed by atoms with Crippen molar-refractivity contribution in [3.63, 3.8) is 0 Å². The molecule has 2 fully saturated rings. The van der Waals surface area contributed by atoms with E-state index in [9.17, 15) is 15.0 Å². The molecule has 8 nitrogen and oxygen atoms in total. The minimum Gasteiger partial charge on any atom is -0.390 e. The van der Waals surface area contributed by atoms with Crippen LogP contribution in [0.1, 0.15) is 6.42 Å². The van der Waals surface area contributed by atoms with E-state index >= 15 is 0 Å². The maximum atomic E-state index is 12.7. The molecule has 1 aliphatic carbocycles. The number of amides is 1. The van der Waals surface area contributed by atoms with Crippen molar-refractivity contribution in [2.45, 2.75) is 30.7 Å². The number of carbonyl (C=O) groups excluding carboxylic acids is 1. The second-order valence-corrected chi connectivity index (χ2v) is 7.51. The molecule has 0 radical (unpaired) electrons. The number of nitrogens with one attached hydrogen (secondary N) is 2. The van der Waals surface area contributed by atoms with Crippen LogP contribution in [0.2, 0.25) is 0 Å². The molecule has 1 saturated heterocycles. The summed E-state index contributed by atoms with van der Waals surface area (Å²) in [5, 5.41) is 31.1. The van der Waals surface area contributed by atoms with Crippen molar-refractivity contribution in [1.29, 1.82) is 0 Å². The summed E-state index contributed by atoms with van der Waals surface area (Å²) in [4.78, 5) is 14.6. The first-order valence-electron chi connectivity index (χ1n) is 9.28. The predicted molar refractivity (Wildman–Crippen MR) is 111 cm³/mol. The topological polar surface area (TPSA) is 103 Å². The molecular formula is C20H21N5O3S. The molecule has 0 unspecified atom stereocenters. The molecule has 150 valence electrons. The number of hydrogen-bond donors (Lipinski definition) is 4. The Morgan fingerprint density at radius 2 is 2.07 bits per heavy atom. The van der Waals surface area contributed by atoms with Gasteiger partial charge in [0.1, 0.15) is 6.10 Å². The number of anilines is 1. The van der Waals surface area contributed by atoms with Crippen molar-refractivity contribution in [3.8, 4) is 18.0 Å². The number of fused-ring (bicyclic) bond motifs is 1. The van der Waals surface area contributed by atoms with Gasteiger partial charge in [-0.15, -0.1) is 6.42 Å². The molecule has 1 aromatic carbocycles. The minimum atomic E-state index is -1.04. The fourth-order valence-electron chi connectivity index (χ4n) is 4.10. The molecule has 9 heteroatoms. The highest BCUT2D eigenvalue weighted by molar-refractivity contribution is 7.80. The summed E-state index contributed by atoms with van der Waals surface area (Å²) >= 11 is 5.51. The van der Waals surface area contributed by atoms with Crippen LogP contribution in [0.15, 0.2) is 42.7 Å². The summed E-state index contributed by atoms with van der Waals surface area (Å²) in [5.74, 6) is 1.52. The summed E-state index contributed by atoms with van der Waals surface area (Å²) < 4.78 is 1.74. The lowest BCUT2D eigenvalue weighted by atomic mass is 9.77. The lowest BCUT2D eigenvalue weighted by Gasteiger charge is -2.41. The molecule has 5 atom stereocenters. The Morgan fingerprint density at radius 1 is 1.34 bits per heavy atom. The third-order valence-corrected chi connectivity index (χ3v) is 5.76. The van der Waals surface area contributed by atoms with Gasteiger partial charge in [0.2, 0.25) is 5.91 Å². The van der Waals surface area contributed by atoms with E-state index in [1.165, 1.54) is 0 Å². The normalized spacial score (nSPS) is 28.4. The fourth-order valence-corrected chi connectivity index (χ4v) is 4.46. The highest BCUT2D eigenvalue weighted by atomic mass is 32.1. The van der Waals surface area contributed by atoms with Crippen LogP contribution in [-0.2, 0) is 4.79 Å². The van der Waals surface area contributed by atoms with Crippen molar-refractivity contribution >= 4 is 28.9 Å². The highest BCUT2D eigenvalue weighted by Crippen LogP contribution is 2.36. The van der Waals surface area contributed by atoms with E-state index in [1.807, 2.05) is 41.4 Å². The number of hydrogen-bond acceptors (Lipinski definition) is 5. The quantitative estimate of drug-likeness (QED) is 0.408. The number of aliphatic hydroxyl groups excluding tert-OH is 2. The van der Waals surface area contributed by atoms with Crippen molar-refractivity contribution < 1.29 is 15.0 Å². The van der Waals surface area contributed by atoms with Gasteiger partial charge >= 0.3 is 0 Å². The Morgan fingerprint density at radius 3 is 2.72 bits per heavy atom. The van der Waals surface area contributed by atoms with Gasteiger partial charge < -0.3 is 25.7 Å². The minimum absolute atomic E-state index is 0.0990. The van der Waals surface area contributed by atoms with Gasteiger partial charge in [-0.25, -0.2) is 4.68 Å². The van der Waals surface area contributed by atoms with Crippen molar-refractivity contribution in [2.24, 2.45) is 5.92 Å². The van der Waals surface area contributed by atoms with Crippen molar-refractivity contribution in [3.05, 3.63) is 42.7 Å². The Bertz CT molecular complexity index is 940. The second-order valence-electron chi connectivity index (χ2n) is 7.12. The molecule has 4 N–H and O–H groups in total. The molecule has 2 aliphatic rings. The van der Waals surface area contributed by atoms with Crippen LogP contribution in [0.3, 0.4) is 0 Å². The maximum absolute atomic E-state index is 12.7.